The van der Waals surface area contributed by atoms with Crippen LogP contribution in [0.5, 0.6) is 0 Å². The van der Waals surface area contributed by atoms with Gasteiger partial charge in [0.2, 0.25) is 5.91 Å². The minimum absolute atomic E-state index is 0.0308. The number of nitrogens with one attached hydrogen (secondary N) is 2. The Labute approximate surface area is 116 Å². The minimum Gasteiger partial charge on any atom is -0.368 e. The standard InChI is InChI=1S/C13H18FN3O3/c1-7(2)15-13(18)9(4)16-11-5-8(3)10(14)6-12(11)17(19)20/h5-7,9,16H,1-4H3,(H,15,18). The number of hydrogen-bond acceptors (Lipinski definition) is 4. The number of halogens is 1. The molecule has 0 heterocycles. The third kappa shape index (κ3) is 3.91. The Morgan fingerprint density at radius 3 is 2.45 bits per heavy atom. The summed E-state index contributed by atoms with van der Waals surface area (Å²) in [6, 6.07) is 1.48. The summed E-state index contributed by atoms with van der Waals surface area (Å²) in [5, 5.41) is 16.3. The van der Waals surface area contributed by atoms with Gasteiger partial charge >= 0.3 is 0 Å². The number of amides is 1. The molecule has 0 aliphatic rings. The average Bonchev–Trinajstić information content (AvgIpc) is 2.32. The van der Waals surface area contributed by atoms with Crippen LogP contribution in [0.1, 0.15) is 26.3 Å². The van der Waals surface area contributed by atoms with Gasteiger partial charge in [0.25, 0.3) is 5.69 Å². The summed E-state index contributed by atoms with van der Waals surface area (Å²) in [6.07, 6.45) is 0. The zero-order valence-electron chi connectivity index (χ0n) is 11.9. The topological polar surface area (TPSA) is 84.3 Å². The lowest BCUT2D eigenvalue weighted by atomic mass is 10.1. The molecule has 0 aliphatic carbocycles. The van der Waals surface area contributed by atoms with Crippen LogP contribution in [-0.2, 0) is 4.79 Å². The zero-order valence-corrected chi connectivity index (χ0v) is 11.9. The Balaban J connectivity index is 2.99. The van der Waals surface area contributed by atoms with Gasteiger partial charge in [0, 0.05) is 6.04 Å². The van der Waals surface area contributed by atoms with Gasteiger partial charge in [-0.25, -0.2) is 4.39 Å². The molecule has 110 valence electrons. The normalized spacial score (nSPS) is 12.1. The zero-order chi connectivity index (χ0) is 15.4. The number of rotatable bonds is 5. The van der Waals surface area contributed by atoms with Gasteiger partial charge in [-0.3, -0.25) is 14.9 Å². The van der Waals surface area contributed by atoms with E-state index in [-0.39, 0.29) is 23.2 Å². The van der Waals surface area contributed by atoms with E-state index in [4.69, 9.17) is 0 Å². The van der Waals surface area contributed by atoms with Crippen molar-refractivity contribution in [3.8, 4) is 0 Å². The molecule has 0 spiro atoms. The highest BCUT2D eigenvalue weighted by molar-refractivity contribution is 5.85. The maximum atomic E-state index is 13.4. The highest BCUT2D eigenvalue weighted by Crippen LogP contribution is 2.28. The highest BCUT2D eigenvalue weighted by atomic mass is 19.1. The van der Waals surface area contributed by atoms with E-state index in [1.165, 1.54) is 13.0 Å². The first kappa shape index (κ1) is 15.9. The smallest absolute Gasteiger partial charge is 0.295 e. The lowest BCUT2D eigenvalue weighted by Crippen LogP contribution is -2.41. The van der Waals surface area contributed by atoms with E-state index in [1.807, 2.05) is 13.8 Å². The first-order chi connectivity index (χ1) is 9.22. The Morgan fingerprint density at radius 2 is 1.95 bits per heavy atom. The van der Waals surface area contributed by atoms with Crippen molar-refractivity contribution >= 4 is 17.3 Å². The van der Waals surface area contributed by atoms with Crippen molar-refractivity contribution in [1.29, 1.82) is 0 Å². The van der Waals surface area contributed by atoms with Crippen molar-refractivity contribution in [3.05, 3.63) is 33.6 Å². The number of carbonyl (C=O) groups excluding carboxylic acids is 1. The molecule has 6 nitrogen and oxygen atoms in total. The molecule has 0 bridgehead atoms. The Morgan fingerprint density at radius 1 is 1.35 bits per heavy atom. The Hall–Kier alpha value is -2.18. The van der Waals surface area contributed by atoms with Gasteiger partial charge in [0.05, 0.1) is 11.0 Å². The largest absolute Gasteiger partial charge is 0.368 e. The van der Waals surface area contributed by atoms with E-state index < -0.39 is 22.5 Å². The van der Waals surface area contributed by atoms with E-state index in [0.29, 0.717) is 0 Å². The molecule has 0 saturated carbocycles. The van der Waals surface area contributed by atoms with Gasteiger partial charge in [-0.05, 0) is 39.3 Å². The maximum absolute atomic E-state index is 13.4. The van der Waals surface area contributed by atoms with Crippen molar-refractivity contribution in [1.82, 2.24) is 5.32 Å². The van der Waals surface area contributed by atoms with E-state index in [0.717, 1.165) is 6.07 Å². The van der Waals surface area contributed by atoms with E-state index in [9.17, 15) is 19.3 Å². The van der Waals surface area contributed by atoms with Gasteiger partial charge in [0.15, 0.2) is 0 Å². The summed E-state index contributed by atoms with van der Waals surface area (Å²) >= 11 is 0. The summed E-state index contributed by atoms with van der Waals surface area (Å²) in [5.74, 6) is -0.933. The second-order valence-corrected chi connectivity index (χ2v) is 4.90. The summed E-state index contributed by atoms with van der Waals surface area (Å²) in [4.78, 5) is 22.0. The fourth-order valence-electron chi connectivity index (χ4n) is 1.65. The first-order valence-corrected chi connectivity index (χ1v) is 6.23. The molecular weight excluding hydrogens is 265 g/mol. The molecule has 1 aromatic carbocycles. The van der Waals surface area contributed by atoms with Crippen LogP contribution in [-0.4, -0.2) is 22.9 Å². The number of nitrogens with zero attached hydrogens (tertiary/aromatic N) is 1. The summed E-state index contributed by atoms with van der Waals surface area (Å²) in [6.45, 7) is 6.72. The number of carbonyl (C=O) groups is 1. The van der Waals surface area contributed by atoms with Crippen LogP contribution in [0.15, 0.2) is 12.1 Å². The summed E-state index contributed by atoms with van der Waals surface area (Å²) in [7, 11) is 0. The molecule has 0 aromatic heterocycles. The first-order valence-electron chi connectivity index (χ1n) is 6.23. The molecule has 1 atom stereocenters. The quantitative estimate of drug-likeness (QED) is 0.642. The van der Waals surface area contributed by atoms with Crippen molar-refractivity contribution in [2.75, 3.05) is 5.32 Å². The lowest BCUT2D eigenvalue weighted by molar-refractivity contribution is -0.384. The van der Waals surface area contributed by atoms with Crippen molar-refractivity contribution in [3.63, 3.8) is 0 Å². The second-order valence-electron chi connectivity index (χ2n) is 4.90. The molecule has 0 saturated heterocycles. The van der Waals surface area contributed by atoms with Crippen LogP contribution < -0.4 is 10.6 Å². The number of hydrogen-bond donors (Lipinski definition) is 2. The van der Waals surface area contributed by atoms with Crippen molar-refractivity contribution < 1.29 is 14.1 Å². The van der Waals surface area contributed by atoms with Crippen LogP contribution >= 0.6 is 0 Å². The van der Waals surface area contributed by atoms with Crippen molar-refractivity contribution in [2.45, 2.75) is 39.8 Å². The summed E-state index contributed by atoms with van der Waals surface area (Å²) < 4.78 is 13.4. The molecule has 0 fully saturated rings. The number of nitro benzene ring substituents is 1. The highest BCUT2D eigenvalue weighted by Gasteiger charge is 2.21. The third-order valence-electron chi connectivity index (χ3n) is 2.67. The average molecular weight is 283 g/mol. The SMILES string of the molecule is Cc1cc(NC(C)C(=O)NC(C)C)c([N+](=O)[O-])cc1F. The molecule has 1 amide bonds. The molecule has 1 rings (SSSR count). The molecule has 1 aromatic rings. The molecule has 0 aliphatic heterocycles. The molecule has 1 unspecified atom stereocenters. The van der Waals surface area contributed by atoms with Gasteiger partial charge < -0.3 is 10.6 Å². The predicted octanol–water partition coefficient (Wildman–Crippen LogP) is 2.37. The third-order valence-corrected chi connectivity index (χ3v) is 2.67. The summed E-state index contributed by atoms with van der Waals surface area (Å²) in [5.41, 5.74) is 0.00664. The van der Waals surface area contributed by atoms with Gasteiger partial charge in [-0.15, -0.1) is 0 Å². The second kappa shape index (κ2) is 6.31. The molecule has 20 heavy (non-hydrogen) atoms. The van der Waals surface area contributed by atoms with Crippen LogP contribution in [0.25, 0.3) is 0 Å². The van der Waals surface area contributed by atoms with Gasteiger partial charge in [0.1, 0.15) is 17.5 Å². The fraction of sp³-hybridized carbons (Fsp3) is 0.462. The van der Waals surface area contributed by atoms with Crippen LogP contribution in [0.3, 0.4) is 0 Å². The number of anilines is 1. The van der Waals surface area contributed by atoms with Crippen LogP contribution in [0.2, 0.25) is 0 Å². The molecule has 7 heteroatoms. The fourth-order valence-corrected chi connectivity index (χ4v) is 1.65. The van der Waals surface area contributed by atoms with E-state index in [1.54, 1.807) is 6.92 Å². The van der Waals surface area contributed by atoms with Crippen LogP contribution in [0.4, 0.5) is 15.8 Å². The van der Waals surface area contributed by atoms with Gasteiger partial charge in [-0.2, -0.15) is 0 Å². The predicted molar refractivity (Wildman–Crippen MR) is 74.2 cm³/mol. The van der Waals surface area contributed by atoms with Crippen molar-refractivity contribution in [2.24, 2.45) is 0 Å². The molecular formula is C13H18FN3O3. The maximum Gasteiger partial charge on any atom is 0.295 e. The Kier molecular flexibility index (Phi) is 5.01. The molecule has 2 N–H and O–H groups in total. The van der Waals surface area contributed by atoms with Gasteiger partial charge in [-0.1, -0.05) is 0 Å². The van der Waals surface area contributed by atoms with E-state index in [2.05, 4.69) is 10.6 Å². The minimum atomic E-state index is -0.683. The Bertz CT molecular complexity index is 532. The number of aryl methyl sites for hydroxylation is 1. The van der Waals surface area contributed by atoms with Crippen LogP contribution in [0, 0.1) is 22.9 Å². The number of benzene rings is 1. The lowest BCUT2D eigenvalue weighted by Gasteiger charge is -2.17. The molecule has 0 radical (unpaired) electrons. The van der Waals surface area contributed by atoms with E-state index >= 15 is 0 Å². The number of nitro groups is 1. The monoisotopic (exact) mass is 283 g/mol.